The van der Waals surface area contributed by atoms with E-state index in [1.54, 1.807) is 6.92 Å². The van der Waals surface area contributed by atoms with Gasteiger partial charge in [0.25, 0.3) is 0 Å². The number of esters is 1. The monoisotopic (exact) mass is 366 g/mol. The van der Waals surface area contributed by atoms with Crippen molar-refractivity contribution in [3.63, 3.8) is 0 Å². The van der Waals surface area contributed by atoms with E-state index >= 15 is 0 Å². The van der Waals surface area contributed by atoms with Gasteiger partial charge in [0.2, 0.25) is 7.37 Å². The van der Waals surface area contributed by atoms with Gasteiger partial charge < -0.3 is 9.26 Å². The summed E-state index contributed by atoms with van der Waals surface area (Å²) in [7, 11) is -2.86. The summed E-state index contributed by atoms with van der Waals surface area (Å²) >= 11 is 5.66. The molecular formula is C17H32ClO4P. The SMILES string of the molecule is CCOC(=O)/C(=C/CCCCCCl)CP(=O)(CC(C)C)OCC. The topological polar surface area (TPSA) is 52.6 Å². The molecule has 0 fully saturated rings. The van der Waals surface area contributed by atoms with Crippen LogP contribution in [0, 0.1) is 5.92 Å². The van der Waals surface area contributed by atoms with Crippen LogP contribution in [0.25, 0.3) is 0 Å². The van der Waals surface area contributed by atoms with Gasteiger partial charge in [0.15, 0.2) is 0 Å². The molecule has 0 bridgehead atoms. The minimum Gasteiger partial charge on any atom is -0.463 e. The molecule has 0 aromatic carbocycles. The molecule has 0 saturated carbocycles. The molecule has 136 valence electrons. The highest BCUT2D eigenvalue weighted by atomic mass is 35.5. The van der Waals surface area contributed by atoms with Crippen molar-refractivity contribution >= 4 is 24.9 Å². The van der Waals surface area contributed by atoms with Crippen molar-refractivity contribution in [1.82, 2.24) is 0 Å². The summed E-state index contributed by atoms with van der Waals surface area (Å²) in [6.07, 6.45) is 6.20. The fourth-order valence-electron chi connectivity index (χ4n) is 2.34. The standard InChI is InChI=1S/C17H32ClO4P/c1-5-21-17(19)16(11-9-7-8-10-12-18)14-23(20,22-6-2)13-15(3)4/h11,15H,5-10,12-14H2,1-4H3/b16-11+. The predicted molar refractivity (Wildman–Crippen MR) is 97.7 cm³/mol. The minimum absolute atomic E-state index is 0.160. The number of alkyl halides is 1. The van der Waals surface area contributed by atoms with E-state index in [0.29, 0.717) is 30.8 Å². The van der Waals surface area contributed by atoms with Crippen LogP contribution in [0.5, 0.6) is 0 Å². The average molecular weight is 367 g/mol. The van der Waals surface area contributed by atoms with Crippen LogP contribution < -0.4 is 0 Å². The lowest BCUT2D eigenvalue weighted by Gasteiger charge is -2.20. The molecule has 1 unspecified atom stereocenters. The maximum absolute atomic E-state index is 13.0. The summed E-state index contributed by atoms with van der Waals surface area (Å²) in [5.74, 6) is 0.524. The maximum atomic E-state index is 13.0. The Morgan fingerprint density at radius 1 is 1.17 bits per heavy atom. The predicted octanol–water partition coefficient (Wildman–Crippen LogP) is 5.25. The second-order valence-electron chi connectivity index (χ2n) is 5.95. The molecule has 0 radical (unpaired) electrons. The zero-order chi connectivity index (χ0) is 17.7. The molecule has 0 saturated heterocycles. The van der Waals surface area contributed by atoms with Crippen molar-refractivity contribution in [2.75, 3.05) is 31.4 Å². The number of carbonyl (C=O) groups is 1. The lowest BCUT2D eigenvalue weighted by Crippen LogP contribution is -2.14. The first-order valence-corrected chi connectivity index (χ1v) is 11.1. The van der Waals surface area contributed by atoms with E-state index in [9.17, 15) is 9.36 Å². The van der Waals surface area contributed by atoms with Crippen LogP contribution in [-0.4, -0.2) is 37.4 Å². The molecule has 0 spiro atoms. The van der Waals surface area contributed by atoms with Gasteiger partial charge in [0.1, 0.15) is 0 Å². The maximum Gasteiger partial charge on any atom is 0.334 e. The van der Waals surface area contributed by atoms with Gasteiger partial charge >= 0.3 is 5.97 Å². The van der Waals surface area contributed by atoms with Gasteiger partial charge in [0.05, 0.1) is 19.4 Å². The number of halogens is 1. The van der Waals surface area contributed by atoms with E-state index in [4.69, 9.17) is 20.9 Å². The minimum atomic E-state index is -2.86. The van der Waals surface area contributed by atoms with E-state index in [1.807, 2.05) is 26.8 Å². The molecule has 0 heterocycles. The Labute approximate surface area is 146 Å². The molecule has 0 aliphatic rings. The summed E-state index contributed by atoms with van der Waals surface area (Å²) in [6, 6.07) is 0. The zero-order valence-corrected chi connectivity index (χ0v) is 16.6. The Morgan fingerprint density at radius 3 is 2.39 bits per heavy atom. The molecule has 0 amide bonds. The fourth-order valence-corrected chi connectivity index (χ4v) is 5.22. The van der Waals surface area contributed by atoms with Gasteiger partial charge in [-0.25, -0.2) is 4.79 Å². The van der Waals surface area contributed by atoms with Gasteiger partial charge in [-0.2, -0.15) is 0 Å². The van der Waals surface area contributed by atoms with Gasteiger partial charge in [-0.1, -0.05) is 26.3 Å². The van der Waals surface area contributed by atoms with E-state index in [2.05, 4.69) is 0 Å². The van der Waals surface area contributed by atoms with E-state index in [0.717, 1.165) is 25.7 Å². The zero-order valence-electron chi connectivity index (χ0n) is 15.0. The Hall–Kier alpha value is -0.310. The van der Waals surface area contributed by atoms with E-state index in [-0.39, 0.29) is 18.0 Å². The third-order valence-corrected chi connectivity index (χ3v) is 6.29. The van der Waals surface area contributed by atoms with E-state index < -0.39 is 7.37 Å². The molecule has 6 heteroatoms. The van der Waals surface area contributed by atoms with Gasteiger partial charge in [-0.05, 0) is 39.0 Å². The summed E-state index contributed by atoms with van der Waals surface area (Å²) in [6.45, 7) is 8.30. The van der Waals surface area contributed by atoms with Crippen molar-refractivity contribution in [3.8, 4) is 0 Å². The number of unbranched alkanes of at least 4 members (excludes halogenated alkanes) is 3. The first-order chi connectivity index (χ1) is 10.9. The highest BCUT2D eigenvalue weighted by Crippen LogP contribution is 2.50. The molecular weight excluding hydrogens is 335 g/mol. The lowest BCUT2D eigenvalue weighted by atomic mass is 10.1. The van der Waals surface area contributed by atoms with Crippen LogP contribution >= 0.6 is 19.0 Å². The van der Waals surface area contributed by atoms with Crippen LogP contribution in [0.4, 0.5) is 0 Å². The highest BCUT2D eigenvalue weighted by molar-refractivity contribution is 7.59. The summed E-state index contributed by atoms with van der Waals surface area (Å²) in [5, 5.41) is 0. The second kappa shape index (κ2) is 13.0. The second-order valence-corrected chi connectivity index (χ2v) is 8.90. The number of rotatable bonds is 13. The average Bonchev–Trinajstić information content (AvgIpc) is 2.45. The number of carbonyl (C=O) groups excluding carboxylic acids is 1. The summed E-state index contributed by atoms with van der Waals surface area (Å²) in [4.78, 5) is 12.1. The quantitative estimate of drug-likeness (QED) is 0.147. The third kappa shape index (κ3) is 11.0. The molecule has 0 aliphatic carbocycles. The summed E-state index contributed by atoms with van der Waals surface area (Å²) in [5.41, 5.74) is 0.482. The molecule has 0 aromatic heterocycles. The number of ether oxygens (including phenoxy) is 1. The van der Waals surface area contributed by atoms with Crippen molar-refractivity contribution in [3.05, 3.63) is 11.6 Å². The molecule has 0 aliphatic heterocycles. The van der Waals surface area contributed by atoms with Crippen LogP contribution in [0.3, 0.4) is 0 Å². The number of allylic oxidation sites excluding steroid dienone is 1. The third-order valence-electron chi connectivity index (χ3n) is 3.19. The Kier molecular flexibility index (Phi) is 12.9. The summed E-state index contributed by atoms with van der Waals surface area (Å²) < 4.78 is 23.6. The molecule has 0 rings (SSSR count). The van der Waals surface area contributed by atoms with Crippen LogP contribution in [0.1, 0.15) is 53.4 Å². The molecule has 4 nitrogen and oxygen atoms in total. The Balaban J connectivity index is 4.98. The molecule has 1 atom stereocenters. The van der Waals surface area contributed by atoms with Gasteiger partial charge in [-0.15, -0.1) is 11.6 Å². The van der Waals surface area contributed by atoms with Gasteiger partial charge in [0, 0.05) is 17.6 Å². The van der Waals surface area contributed by atoms with Crippen molar-refractivity contribution in [2.24, 2.45) is 5.92 Å². The number of hydrogen-bond acceptors (Lipinski definition) is 4. The van der Waals surface area contributed by atoms with Gasteiger partial charge in [-0.3, -0.25) is 4.57 Å². The Bertz CT molecular complexity index is 407. The normalized spacial score (nSPS) is 14.8. The van der Waals surface area contributed by atoms with Crippen LogP contribution in [0.2, 0.25) is 0 Å². The largest absolute Gasteiger partial charge is 0.463 e. The van der Waals surface area contributed by atoms with Crippen molar-refractivity contribution in [1.29, 1.82) is 0 Å². The first kappa shape index (κ1) is 22.7. The molecule has 0 aromatic rings. The molecule has 23 heavy (non-hydrogen) atoms. The van der Waals surface area contributed by atoms with Crippen molar-refractivity contribution in [2.45, 2.75) is 53.4 Å². The van der Waals surface area contributed by atoms with Crippen LogP contribution in [0.15, 0.2) is 11.6 Å². The van der Waals surface area contributed by atoms with E-state index in [1.165, 1.54) is 0 Å². The van der Waals surface area contributed by atoms with Crippen LogP contribution in [-0.2, 0) is 18.6 Å². The lowest BCUT2D eigenvalue weighted by molar-refractivity contribution is -0.138. The molecule has 0 N–H and O–H groups in total. The smallest absolute Gasteiger partial charge is 0.334 e. The van der Waals surface area contributed by atoms with Crippen molar-refractivity contribution < 1.29 is 18.6 Å². The fraction of sp³-hybridized carbons (Fsp3) is 0.824. The Morgan fingerprint density at radius 2 is 1.87 bits per heavy atom. The number of hydrogen-bond donors (Lipinski definition) is 0. The highest BCUT2D eigenvalue weighted by Gasteiger charge is 2.28. The first-order valence-electron chi connectivity index (χ1n) is 8.53.